The summed E-state index contributed by atoms with van der Waals surface area (Å²) >= 11 is 0. The number of rotatable bonds is 6. The molecule has 0 bridgehead atoms. The van der Waals surface area contributed by atoms with Crippen LogP contribution in [0.15, 0.2) is 18.3 Å². The zero-order valence-electron chi connectivity index (χ0n) is 11.1. The molecule has 0 fully saturated rings. The summed E-state index contributed by atoms with van der Waals surface area (Å²) < 4.78 is 22.3. The molecule has 0 aliphatic carbocycles. The van der Waals surface area contributed by atoms with Crippen molar-refractivity contribution in [2.75, 3.05) is 13.2 Å². The summed E-state index contributed by atoms with van der Waals surface area (Å²) in [5.74, 6) is -0.653. The zero-order chi connectivity index (χ0) is 14.5. The van der Waals surface area contributed by atoms with E-state index >= 15 is 0 Å². The van der Waals surface area contributed by atoms with E-state index in [0.717, 1.165) is 6.92 Å². The van der Waals surface area contributed by atoms with Gasteiger partial charge in [0.15, 0.2) is 5.75 Å². The summed E-state index contributed by atoms with van der Waals surface area (Å²) in [6.45, 7) is 4.98. The van der Waals surface area contributed by atoms with E-state index in [9.17, 15) is 14.5 Å². The molecule has 1 N–H and O–H groups in total. The Labute approximate surface area is 112 Å². The van der Waals surface area contributed by atoms with Crippen molar-refractivity contribution in [3.05, 3.63) is 18.3 Å². The molecule has 1 aromatic heterocycles. The van der Waals surface area contributed by atoms with E-state index in [0.29, 0.717) is 6.61 Å². The van der Waals surface area contributed by atoms with Gasteiger partial charge in [-0.25, -0.2) is 9.78 Å². The van der Waals surface area contributed by atoms with E-state index in [-0.39, 0.29) is 17.8 Å². The molecule has 0 amide bonds. The fraction of sp³-hybridized carbons (Fsp3) is 0.500. The number of aliphatic hydroxyl groups is 1. The maximum atomic E-state index is 12.3. The number of esters is 1. The molecular formula is C12H17NO5P+. The minimum Gasteiger partial charge on any atom is -0.488 e. The standard InChI is InChI=1S/C12H17NO5P/c1-4-17-9-7-6-8-13-10(9)19(16)12(3,15)11(14)18-5-2/h6-8,15H,4-5H2,1-3H3/q+1. The number of carbonyl (C=O) groups excluding carboxylic acids is 1. The van der Waals surface area contributed by atoms with Crippen molar-refractivity contribution >= 4 is 19.2 Å². The van der Waals surface area contributed by atoms with Crippen molar-refractivity contribution < 1.29 is 23.9 Å². The molecule has 6 nitrogen and oxygen atoms in total. The van der Waals surface area contributed by atoms with Crippen molar-refractivity contribution in [2.24, 2.45) is 0 Å². The van der Waals surface area contributed by atoms with E-state index in [2.05, 4.69) is 4.98 Å². The lowest BCUT2D eigenvalue weighted by Crippen LogP contribution is -2.36. The third kappa shape index (κ3) is 3.49. The number of pyridine rings is 1. The normalized spacial score (nSPS) is 14.4. The number of carbonyl (C=O) groups is 1. The van der Waals surface area contributed by atoms with Crippen molar-refractivity contribution in [1.29, 1.82) is 0 Å². The predicted molar refractivity (Wildman–Crippen MR) is 69.9 cm³/mol. The smallest absolute Gasteiger partial charge is 0.447 e. The van der Waals surface area contributed by atoms with Crippen LogP contribution in [-0.4, -0.2) is 34.6 Å². The van der Waals surface area contributed by atoms with Crippen LogP contribution >= 0.6 is 7.80 Å². The van der Waals surface area contributed by atoms with Crippen LogP contribution in [0, 0.1) is 0 Å². The molecule has 1 aromatic rings. The van der Waals surface area contributed by atoms with Crippen LogP contribution in [0.1, 0.15) is 20.8 Å². The largest absolute Gasteiger partial charge is 0.488 e. The van der Waals surface area contributed by atoms with E-state index in [1.54, 1.807) is 26.0 Å². The Morgan fingerprint density at radius 2 is 2.16 bits per heavy atom. The summed E-state index contributed by atoms with van der Waals surface area (Å²) in [5, 5.41) is 7.94. The molecule has 2 unspecified atom stereocenters. The minimum absolute atomic E-state index is 0.0532. The van der Waals surface area contributed by atoms with Crippen molar-refractivity contribution in [3.63, 3.8) is 0 Å². The Kier molecular flexibility index (Phi) is 5.39. The van der Waals surface area contributed by atoms with Gasteiger partial charge in [0.2, 0.25) is 0 Å². The molecule has 1 heterocycles. The van der Waals surface area contributed by atoms with Crippen LogP contribution in [0.3, 0.4) is 0 Å². The maximum Gasteiger partial charge on any atom is 0.447 e. The van der Waals surface area contributed by atoms with Gasteiger partial charge in [0.05, 0.1) is 13.2 Å². The highest BCUT2D eigenvalue weighted by Crippen LogP contribution is 2.38. The Bertz CT molecular complexity index is 475. The lowest BCUT2D eigenvalue weighted by atomic mass is 10.4. The van der Waals surface area contributed by atoms with Gasteiger partial charge in [0.25, 0.3) is 0 Å². The van der Waals surface area contributed by atoms with Crippen LogP contribution in [0.25, 0.3) is 0 Å². The number of hydrogen-bond donors (Lipinski definition) is 1. The van der Waals surface area contributed by atoms with Crippen LogP contribution in [0.2, 0.25) is 0 Å². The van der Waals surface area contributed by atoms with Gasteiger partial charge in [-0.1, -0.05) is 4.57 Å². The third-order valence-electron chi connectivity index (χ3n) is 2.30. The average Bonchev–Trinajstić information content (AvgIpc) is 2.39. The first-order chi connectivity index (χ1) is 8.95. The Hall–Kier alpha value is -1.52. The van der Waals surface area contributed by atoms with Gasteiger partial charge in [0.1, 0.15) is 0 Å². The number of nitrogens with zero attached hydrogens (tertiary/aromatic N) is 1. The summed E-state index contributed by atoms with van der Waals surface area (Å²) in [6.07, 6.45) is 1.42. The fourth-order valence-electron chi connectivity index (χ4n) is 1.36. The quantitative estimate of drug-likeness (QED) is 0.625. The highest BCUT2D eigenvalue weighted by molar-refractivity contribution is 7.56. The van der Waals surface area contributed by atoms with Gasteiger partial charge < -0.3 is 14.6 Å². The van der Waals surface area contributed by atoms with Crippen molar-refractivity contribution in [1.82, 2.24) is 4.98 Å². The van der Waals surface area contributed by atoms with Gasteiger partial charge in [-0.15, -0.1) is 0 Å². The fourth-order valence-corrected chi connectivity index (χ4v) is 2.51. The number of ether oxygens (including phenoxy) is 2. The van der Waals surface area contributed by atoms with E-state index in [4.69, 9.17) is 9.47 Å². The van der Waals surface area contributed by atoms with Gasteiger partial charge in [-0.2, -0.15) is 0 Å². The van der Waals surface area contributed by atoms with Crippen LogP contribution in [0.4, 0.5) is 0 Å². The molecule has 104 valence electrons. The second-order valence-electron chi connectivity index (χ2n) is 3.79. The first kappa shape index (κ1) is 15.5. The molecule has 0 aromatic carbocycles. The monoisotopic (exact) mass is 286 g/mol. The molecule has 7 heteroatoms. The van der Waals surface area contributed by atoms with E-state index in [1.807, 2.05) is 0 Å². The Morgan fingerprint density at radius 1 is 1.47 bits per heavy atom. The molecule has 0 aliphatic rings. The molecule has 0 aliphatic heterocycles. The first-order valence-electron chi connectivity index (χ1n) is 5.89. The van der Waals surface area contributed by atoms with Gasteiger partial charge in [0, 0.05) is 13.1 Å². The lowest BCUT2D eigenvalue weighted by molar-refractivity contribution is -0.155. The molecule has 0 spiro atoms. The van der Waals surface area contributed by atoms with Crippen LogP contribution < -0.4 is 10.2 Å². The molecule has 0 radical (unpaired) electrons. The molecule has 2 atom stereocenters. The third-order valence-corrected chi connectivity index (χ3v) is 3.99. The number of hydrogen-bond acceptors (Lipinski definition) is 6. The van der Waals surface area contributed by atoms with Crippen molar-refractivity contribution in [2.45, 2.75) is 26.1 Å². The van der Waals surface area contributed by atoms with Crippen LogP contribution in [0.5, 0.6) is 5.75 Å². The van der Waals surface area contributed by atoms with Crippen molar-refractivity contribution in [3.8, 4) is 5.75 Å². The van der Waals surface area contributed by atoms with Gasteiger partial charge >= 0.3 is 24.5 Å². The summed E-state index contributed by atoms with van der Waals surface area (Å²) in [5.41, 5.74) is 0.0532. The Morgan fingerprint density at radius 3 is 2.74 bits per heavy atom. The summed E-state index contributed by atoms with van der Waals surface area (Å²) in [4.78, 5) is 15.6. The second kappa shape index (κ2) is 6.59. The molecule has 19 heavy (non-hydrogen) atoms. The molecular weight excluding hydrogens is 269 g/mol. The van der Waals surface area contributed by atoms with Gasteiger partial charge in [-0.05, 0) is 26.0 Å². The summed E-state index contributed by atoms with van der Waals surface area (Å²) in [6, 6.07) is 3.21. The average molecular weight is 286 g/mol. The SMILES string of the molecule is CCOC(=O)C(C)(O)[P+](=O)c1ncccc1OCC. The first-order valence-corrected chi connectivity index (χ1v) is 7.15. The second-order valence-corrected chi connectivity index (χ2v) is 5.68. The number of aromatic nitrogens is 1. The van der Waals surface area contributed by atoms with E-state index in [1.165, 1.54) is 6.20 Å². The van der Waals surface area contributed by atoms with E-state index < -0.39 is 19.1 Å². The molecule has 0 saturated carbocycles. The Balaban J connectivity index is 3.09. The predicted octanol–water partition coefficient (Wildman–Crippen LogP) is 1.20. The molecule has 0 saturated heterocycles. The highest BCUT2D eigenvalue weighted by Gasteiger charge is 2.55. The minimum atomic E-state index is -2.51. The molecule has 1 rings (SSSR count). The maximum absolute atomic E-state index is 12.3. The van der Waals surface area contributed by atoms with Crippen LogP contribution in [-0.2, 0) is 14.1 Å². The lowest BCUT2D eigenvalue weighted by Gasteiger charge is -2.11. The zero-order valence-corrected chi connectivity index (χ0v) is 12.0. The summed E-state index contributed by atoms with van der Waals surface area (Å²) in [7, 11) is -2.51. The van der Waals surface area contributed by atoms with Gasteiger partial charge in [-0.3, -0.25) is 0 Å². The highest BCUT2D eigenvalue weighted by atomic mass is 31.1. The topological polar surface area (TPSA) is 85.7 Å².